The van der Waals surface area contributed by atoms with Gasteiger partial charge in [0.1, 0.15) is 29.4 Å². The standard InChI is InChI=1S/C29H32FNO3/c1-4-5-17-32-28-27(33-20-22-9-7-6-8-10-22)25-18-24(15-16-26(25)34-29(28,2)3)31-19-21-11-13-23(30)14-12-21/h4-16,18,27-28,31H,17,19-20H2,1-3H3/b5-4+. The topological polar surface area (TPSA) is 39.7 Å². The smallest absolute Gasteiger partial charge is 0.132 e. The van der Waals surface area contributed by atoms with Gasteiger partial charge in [-0.1, -0.05) is 54.6 Å². The van der Waals surface area contributed by atoms with Gasteiger partial charge in [0, 0.05) is 17.8 Å². The Morgan fingerprint density at radius 2 is 1.74 bits per heavy atom. The minimum absolute atomic E-state index is 0.236. The van der Waals surface area contributed by atoms with E-state index >= 15 is 0 Å². The first-order chi connectivity index (χ1) is 16.5. The van der Waals surface area contributed by atoms with Crippen LogP contribution >= 0.6 is 0 Å². The SMILES string of the molecule is C/C=C/COC1C(OCc2ccccc2)c2cc(NCc3ccc(F)cc3)ccc2OC1(C)C. The molecule has 1 aliphatic heterocycles. The zero-order valence-electron chi connectivity index (χ0n) is 20.0. The third-order valence-corrected chi connectivity index (χ3v) is 5.94. The number of allylic oxidation sites excluding steroid dienone is 1. The number of rotatable bonds is 9. The highest BCUT2D eigenvalue weighted by Crippen LogP contribution is 2.44. The normalized spacial score (nSPS) is 18.9. The summed E-state index contributed by atoms with van der Waals surface area (Å²) in [5, 5.41) is 3.43. The summed E-state index contributed by atoms with van der Waals surface area (Å²) in [6, 6.07) is 22.7. The summed E-state index contributed by atoms with van der Waals surface area (Å²) in [6.07, 6.45) is 3.35. The van der Waals surface area contributed by atoms with Crippen LogP contribution in [0.25, 0.3) is 0 Å². The summed E-state index contributed by atoms with van der Waals surface area (Å²) in [4.78, 5) is 0. The molecule has 1 aliphatic rings. The Bertz CT molecular complexity index is 1100. The van der Waals surface area contributed by atoms with E-state index < -0.39 is 5.60 Å². The second-order valence-electron chi connectivity index (χ2n) is 8.98. The van der Waals surface area contributed by atoms with Crippen molar-refractivity contribution in [2.45, 2.75) is 51.7 Å². The number of nitrogens with one attached hydrogen (secondary N) is 1. The van der Waals surface area contributed by atoms with Crippen molar-refractivity contribution in [2.75, 3.05) is 11.9 Å². The van der Waals surface area contributed by atoms with Crippen LogP contribution in [0.5, 0.6) is 5.75 Å². The second-order valence-corrected chi connectivity index (χ2v) is 8.98. The first-order valence-electron chi connectivity index (χ1n) is 11.7. The largest absolute Gasteiger partial charge is 0.485 e. The summed E-state index contributed by atoms with van der Waals surface area (Å²) in [5.74, 6) is 0.556. The Labute approximate surface area is 201 Å². The zero-order chi connectivity index (χ0) is 24.0. The Balaban J connectivity index is 1.60. The van der Waals surface area contributed by atoms with Crippen LogP contribution in [-0.4, -0.2) is 18.3 Å². The number of fused-ring (bicyclic) bond motifs is 1. The van der Waals surface area contributed by atoms with Gasteiger partial charge in [0.2, 0.25) is 0 Å². The quantitative estimate of drug-likeness (QED) is 0.355. The molecule has 1 heterocycles. The van der Waals surface area contributed by atoms with Gasteiger partial charge in [-0.05, 0) is 62.2 Å². The molecule has 5 heteroatoms. The molecule has 0 spiro atoms. The number of ether oxygens (including phenoxy) is 3. The van der Waals surface area contributed by atoms with Crippen LogP contribution in [0.4, 0.5) is 10.1 Å². The molecule has 3 aromatic rings. The third-order valence-electron chi connectivity index (χ3n) is 5.94. The van der Waals surface area contributed by atoms with Gasteiger partial charge in [-0.15, -0.1) is 0 Å². The molecule has 178 valence electrons. The molecule has 0 aliphatic carbocycles. The molecule has 0 fully saturated rings. The Hall–Kier alpha value is -3.15. The fourth-order valence-corrected chi connectivity index (χ4v) is 4.13. The van der Waals surface area contributed by atoms with Crippen molar-refractivity contribution in [3.05, 3.63) is 107 Å². The average molecular weight is 462 g/mol. The maximum atomic E-state index is 13.2. The van der Waals surface area contributed by atoms with Crippen LogP contribution in [0.2, 0.25) is 0 Å². The number of anilines is 1. The van der Waals surface area contributed by atoms with Crippen molar-refractivity contribution in [3.8, 4) is 5.75 Å². The van der Waals surface area contributed by atoms with Crippen LogP contribution in [0.3, 0.4) is 0 Å². The zero-order valence-corrected chi connectivity index (χ0v) is 20.0. The van der Waals surface area contributed by atoms with E-state index in [1.165, 1.54) is 12.1 Å². The fraction of sp³-hybridized carbons (Fsp3) is 0.310. The van der Waals surface area contributed by atoms with Gasteiger partial charge >= 0.3 is 0 Å². The summed E-state index contributed by atoms with van der Waals surface area (Å²) >= 11 is 0. The van der Waals surface area contributed by atoms with E-state index in [1.54, 1.807) is 12.1 Å². The molecule has 0 saturated heterocycles. The molecule has 4 rings (SSSR count). The highest BCUT2D eigenvalue weighted by atomic mass is 19.1. The van der Waals surface area contributed by atoms with Crippen LogP contribution in [0, 0.1) is 5.82 Å². The molecule has 0 aromatic heterocycles. The van der Waals surface area contributed by atoms with Gasteiger partial charge < -0.3 is 19.5 Å². The molecule has 2 atom stereocenters. The summed E-state index contributed by atoms with van der Waals surface area (Å²) in [6.45, 7) is 7.59. The van der Waals surface area contributed by atoms with E-state index in [1.807, 2.05) is 63.3 Å². The van der Waals surface area contributed by atoms with Crippen LogP contribution in [0.1, 0.15) is 43.6 Å². The van der Waals surface area contributed by atoms with Crippen LogP contribution in [0.15, 0.2) is 84.9 Å². The molecule has 34 heavy (non-hydrogen) atoms. The third kappa shape index (κ3) is 5.85. The predicted molar refractivity (Wildman–Crippen MR) is 133 cm³/mol. The van der Waals surface area contributed by atoms with Crippen molar-refractivity contribution in [1.29, 1.82) is 0 Å². The molecule has 3 aromatic carbocycles. The number of hydrogen-bond donors (Lipinski definition) is 1. The second kappa shape index (κ2) is 10.9. The molecule has 0 saturated carbocycles. The molecular weight excluding hydrogens is 429 g/mol. The van der Waals surface area contributed by atoms with E-state index in [0.29, 0.717) is 19.8 Å². The number of benzene rings is 3. The lowest BCUT2D eigenvalue weighted by Crippen LogP contribution is -2.51. The molecule has 0 amide bonds. The van der Waals surface area contributed by atoms with Crippen molar-refractivity contribution >= 4 is 5.69 Å². The van der Waals surface area contributed by atoms with E-state index in [-0.39, 0.29) is 18.0 Å². The average Bonchev–Trinajstić information content (AvgIpc) is 2.84. The lowest BCUT2D eigenvalue weighted by atomic mass is 9.87. The van der Waals surface area contributed by atoms with E-state index in [4.69, 9.17) is 14.2 Å². The molecule has 1 N–H and O–H groups in total. The van der Waals surface area contributed by atoms with Crippen molar-refractivity contribution in [2.24, 2.45) is 0 Å². The van der Waals surface area contributed by atoms with Crippen LogP contribution in [-0.2, 0) is 22.6 Å². The Kier molecular flexibility index (Phi) is 7.66. The Morgan fingerprint density at radius 3 is 2.47 bits per heavy atom. The van der Waals surface area contributed by atoms with Gasteiger partial charge in [-0.2, -0.15) is 0 Å². The van der Waals surface area contributed by atoms with Gasteiger partial charge in [0.05, 0.1) is 13.2 Å². The van der Waals surface area contributed by atoms with Gasteiger partial charge in [-0.25, -0.2) is 4.39 Å². The first kappa shape index (κ1) is 24.0. The molecule has 4 nitrogen and oxygen atoms in total. The lowest BCUT2D eigenvalue weighted by molar-refractivity contribution is -0.161. The van der Waals surface area contributed by atoms with Gasteiger partial charge in [0.25, 0.3) is 0 Å². The van der Waals surface area contributed by atoms with Gasteiger partial charge in [0.15, 0.2) is 0 Å². The van der Waals surface area contributed by atoms with Crippen molar-refractivity contribution in [1.82, 2.24) is 0 Å². The number of hydrogen-bond acceptors (Lipinski definition) is 4. The molecule has 0 radical (unpaired) electrons. The monoisotopic (exact) mass is 461 g/mol. The summed E-state index contributed by atoms with van der Waals surface area (Å²) < 4.78 is 32.4. The Morgan fingerprint density at radius 1 is 0.971 bits per heavy atom. The van der Waals surface area contributed by atoms with E-state index in [2.05, 4.69) is 23.5 Å². The fourth-order valence-electron chi connectivity index (χ4n) is 4.13. The summed E-state index contributed by atoms with van der Waals surface area (Å²) in [5.41, 5.74) is 3.42. The van der Waals surface area contributed by atoms with Crippen LogP contribution < -0.4 is 10.1 Å². The highest BCUT2D eigenvalue weighted by molar-refractivity contribution is 5.54. The number of halogens is 1. The summed E-state index contributed by atoms with van der Waals surface area (Å²) in [7, 11) is 0. The highest BCUT2D eigenvalue weighted by Gasteiger charge is 2.45. The molecule has 0 bridgehead atoms. The minimum Gasteiger partial charge on any atom is -0.485 e. The minimum atomic E-state index is -0.570. The molecule has 2 unspecified atom stereocenters. The first-order valence-corrected chi connectivity index (χ1v) is 11.7. The lowest BCUT2D eigenvalue weighted by Gasteiger charge is -2.44. The van der Waals surface area contributed by atoms with E-state index in [9.17, 15) is 4.39 Å². The molecular formula is C29H32FNO3. The maximum absolute atomic E-state index is 13.2. The maximum Gasteiger partial charge on any atom is 0.132 e. The van der Waals surface area contributed by atoms with Crippen molar-refractivity contribution in [3.63, 3.8) is 0 Å². The predicted octanol–water partition coefficient (Wildman–Crippen LogP) is 6.83. The van der Waals surface area contributed by atoms with Crippen molar-refractivity contribution < 1.29 is 18.6 Å². The van der Waals surface area contributed by atoms with Gasteiger partial charge in [-0.3, -0.25) is 0 Å². The van der Waals surface area contributed by atoms with E-state index in [0.717, 1.165) is 28.1 Å².